The molecule has 4 heterocycles. The van der Waals surface area contributed by atoms with Gasteiger partial charge >= 0.3 is 0 Å². The first-order valence-corrected chi connectivity index (χ1v) is 7.62. The molecule has 0 aliphatic rings. The van der Waals surface area contributed by atoms with Gasteiger partial charge in [-0.05, 0) is 23.8 Å². The minimum Gasteiger partial charge on any atom is -0.364 e. The number of aryl methyl sites for hydroxylation is 1. The molecular weight excluding hydrogens is 318 g/mol. The number of fused-ring (bicyclic) bond motifs is 1. The minimum atomic E-state index is 0.481. The van der Waals surface area contributed by atoms with Gasteiger partial charge in [-0.25, -0.2) is 20.0 Å². The Morgan fingerprint density at radius 1 is 1.16 bits per heavy atom. The Morgan fingerprint density at radius 2 is 2.08 bits per heavy atom. The zero-order valence-corrected chi connectivity index (χ0v) is 13.5. The highest BCUT2D eigenvalue weighted by Crippen LogP contribution is 2.27. The van der Waals surface area contributed by atoms with Crippen molar-refractivity contribution >= 4 is 17.2 Å². The first-order valence-electron chi connectivity index (χ1n) is 7.62. The first-order chi connectivity index (χ1) is 12.2. The summed E-state index contributed by atoms with van der Waals surface area (Å²) in [6, 6.07) is 7.47. The fourth-order valence-corrected chi connectivity index (χ4v) is 2.54. The monoisotopic (exact) mass is 333 g/mol. The Hall–Kier alpha value is -3.62. The third-order valence-corrected chi connectivity index (χ3v) is 3.79. The van der Waals surface area contributed by atoms with E-state index in [-0.39, 0.29) is 0 Å². The van der Waals surface area contributed by atoms with Crippen LogP contribution in [0, 0.1) is 5.53 Å². The van der Waals surface area contributed by atoms with Gasteiger partial charge in [0.1, 0.15) is 12.0 Å². The summed E-state index contributed by atoms with van der Waals surface area (Å²) in [6.45, 7) is 0.530. The van der Waals surface area contributed by atoms with E-state index in [9.17, 15) is 0 Å². The number of rotatable bonds is 5. The second-order valence-corrected chi connectivity index (χ2v) is 5.53. The summed E-state index contributed by atoms with van der Waals surface area (Å²) >= 11 is 0. The van der Waals surface area contributed by atoms with E-state index in [4.69, 9.17) is 5.53 Å². The van der Waals surface area contributed by atoms with Crippen LogP contribution < -0.4 is 5.32 Å². The van der Waals surface area contributed by atoms with Crippen LogP contribution in [-0.2, 0) is 13.6 Å². The first kappa shape index (κ1) is 14.9. The van der Waals surface area contributed by atoms with Crippen molar-refractivity contribution in [3.8, 4) is 11.3 Å². The van der Waals surface area contributed by atoms with Crippen molar-refractivity contribution in [3.05, 3.63) is 54.7 Å². The predicted octanol–water partition coefficient (Wildman–Crippen LogP) is 2.80. The van der Waals surface area contributed by atoms with Crippen molar-refractivity contribution in [2.75, 3.05) is 5.32 Å². The van der Waals surface area contributed by atoms with Gasteiger partial charge in [0.2, 0.25) is 0 Å². The van der Waals surface area contributed by atoms with E-state index in [0.717, 1.165) is 22.5 Å². The molecule has 0 aromatic carbocycles. The van der Waals surface area contributed by atoms with E-state index >= 15 is 0 Å². The molecule has 0 fully saturated rings. The van der Waals surface area contributed by atoms with E-state index in [1.807, 2.05) is 37.6 Å². The second kappa shape index (κ2) is 6.11. The smallest absolute Gasteiger partial charge is 0.155 e. The van der Waals surface area contributed by atoms with E-state index in [0.29, 0.717) is 18.1 Å². The van der Waals surface area contributed by atoms with Gasteiger partial charge in [0.15, 0.2) is 11.5 Å². The van der Waals surface area contributed by atoms with Crippen LogP contribution in [0.5, 0.6) is 0 Å². The average Bonchev–Trinajstić information content (AvgIpc) is 3.28. The van der Waals surface area contributed by atoms with Crippen molar-refractivity contribution in [2.45, 2.75) is 6.54 Å². The van der Waals surface area contributed by atoms with Crippen molar-refractivity contribution in [1.82, 2.24) is 29.4 Å². The molecule has 4 aromatic heterocycles. The maximum absolute atomic E-state index is 7.34. The van der Waals surface area contributed by atoms with Gasteiger partial charge in [0.25, 0.3) is 0 Å². The van der Waals surface area contributed by atoms with Gasteiger partial charge in [0.05, 0.1) is 11.9 Å². The summed E-state index contributed by atoms with van der Waals surface area (Å²) in [5.41, 5.74) is 11.3. The molecule has 0 saturated carbocycles. The lowest BCUT2D eigenvalue weighted by atomic mass is 10.2. The summed E-state index contributed by atoms with van der Waals surface area (Å²) in [7, 11) is 1.86. The van der Waals surface area contributed by atoms with Gasteiger partial charge in [-0.1, -0.05) is 6.07 Å². The van der Waals surface area contributed by atoms with Gasteiger partial charge < -0.3 is 5.32 Å². The molecule has 0 atom stereocenters. The van der Waals surface area contributed by atoms with Gasteiger partial charge in [0, 0.05) is 31.5 Å². The third-order valence-electron chi connectivity index (χ3n) is 3.79. The number of aromatic nitrogens is 6. The highest BCUT2D eigenvalue weighted by molar-refractivity contribution is 5.67. The van der Waals surface area contributed by atoms with Crippen LogP contribution in [-0.4, -0.2) is 29.4 Å². The van der Waals surface area contributed by atoms with E-state index < -0.39 is 0 Å². The summed E-state index contributed by atoms with van der Waals surface area (Å²) in [4.78, 5) is 8.71. The van der Waals surface area contributed by atoms with Crippen LogP contribution in [0.2, 0.25) is 0 Å². The summed E-state index contributed by atoms with van der Waals surface area (Å²) < 4.78 is 3.44. The topological polar surface area (TPSA) is 109 Å². The normalized spacial score (nSPS) is 10.9. The fourth-order valence-electron chi connectivity index (χ4n) is 2.54. The van der Waals surface area contributed by atoms with Crippen molar-refractivity contribution in [3.63, 3.8) is 0 Å². The number of hydrogen-bond donors (Lipinski definition) is 2. The number of anilines is 1. The molecule has 0 amide bonds. The summed E-state index contributed by atoms with van der Waals surface area (Å²) in [5.74, 6) is 0.551. The number of nitrogens with zero attached hydrogens (tertiary/aromatic N) is 7. The highest BCUT2D eigenvalue weighted by atomic mass is 15.3. The Balaban J connectivity index is 1.60. The van der Waals surface area contributed by atoms with Crippen LogP contribution in [0.4, 0.5) is 11.5 Å². The Bertz CT molecular complexity index is 1050. The lowest BCUT2D eigenvalue weighted by Crippen LogP contribution is -2.03. The molecule has 25 heavy (non-hydrogen) atoms. The maximum atomic E-state index is 7.34. The number of hydrogen-bond acceptors (Lipinski definition) is 7. The largest absolute Gasteiger partial charge is 0.364 e. The molecule has 0 aliphatic carbocycles. The molecule has 4 aromatic rings. The highest BCUT2D eigenvalue weighted by Gasteiger charge is 2.09. The predicted molar refractivity (Wildman–Crippen MR) is 91.6 cm³/mol. The molecule has 9 heteroatoms. The van der Waals surface area contributed by atoms with Crippen LogP contribution in [0.1, 0.15) is 5.56 Å². The van der Waals surface area contributed by atoms with Crippen LogP contribution in [0.15, 0.2) is 54.3 Å². The molecule has 0 saturated heterocycles. The standard InChI is InChI=1S/C16H15N9/c1-24-9-12(7-20-24)13-3-4-14(23-17)16(22-13)18-6-11-2-5-15-19-10-21-25(15)8-11/h2-5,7-10,17H,6H2,1H3,(H,18,22). The molecule has 9 nitrogen and oxygen atoms in total. The molecule has 0 aliphatic heterocycles. The van der Waals surface area contributed by atoms with Crippen LogP contribution in [0.3, 0.4) is 0 Å². The average molecular weight is 333 g/mol. The molecule has 0 spiro atoms. The minimum absolute atomic E-state index is 0.481. The van der Waals surface area contributed by atoms with Crippen LogP contribution >= 0.6 is 0 Å². The zero-order chi connectivity index (χ0) is 17.2. The van der Waals surface area contributed by atoms with Gasteiger partial charge in [-0.2, -0.15) is 15.3 Å². The molecule has 0 radical (unpaired) electrons. The molecule has 0 unspecified atom stereocenters. The van der Waals surface area contributed by atoms with Gasteiger partial charge in [-0.3, -0.25) is 4.68 Å². The lowest BCUT2D eigenvalue weighted by molar-refractivity contribution is 0.768. The Kier molecular flexibility index (Phi) is 3.65. The second-order valence-electron chi connectivity index (χ2n) is 5.53. The molecule has 2 N–H and O–H groups in total. The zero-order valence-electron chi connectivity index (χ0n) is 13.5. The van der Waals surface area contributed by atoms with Crippen molar-refractivity contribution in [1.29, 1.82) is 5.53 Å². The lowest BCUT2D eigenvalue weighted by Gasteiger charge is -2.09. The molecular formula is C16H15N9. The Morgan fingerprint density at radius 3 is 2.88 bits per heavy atom. The van der Waals surface area contributed by atoms with Crippen molar-refractivity contribution in [2.24, 2.45) is 12.2 Å². The van der Waals surface area contributed by atoms with E-state index in [2.05, 4.69) is 30.6 Å². The number of pyridine rings is 2. The summed E-state index contributed by atoms with van der Waals surface area (Å²) in [6.07, 6.45) is 7.06. The Labute approximate surface area is 142 Å². The molecule has 4 rings (SSSR count). The van der Waals surface area contributed by atoms with Gasteiger partial charge in [-0.15, -0.1) is 0 Å². The SMILES string of the molecule is Cn1cc(-c2ccc(N=N)c(NCc3ccc4ncnn4c3)n2)cn1. The fraction of sp³-hybridized carbons (Fsp3) is 0.125. The van der Waals surface area contributed by atoms with Crippen LogP contribution in [0.25, 0.3) is 16.9 Å². The maximum Gasteiger partial charge on any atom is 0.155 e. The quantitative estimate of drug-likeness (QED) is 0.546. The van der Waals surface area contributed by atoms with E-state index in [1.165, 1.54) is 6.33 Å². The molecule has 124 valence electrons. The van der Waals surface area contributed by atoms with E-state index in [1.54, 1.807) is 21.5 Å². The number of nitrogens with one attached hydrogen (secondary N) is 2. The summed E-state index contributed by atoms with van der Waals surface area (Å²) in [5, 5.41) is 15.1. The van der Waals surface area contributed by atoms with Crippen molar-refractivity contribution < 1.29 is 0 Å². The third kappa shape index (κ3) is 2.94. The molecule has 0 bridgehead atoms.